The Morgan fingerprint density at radius 1 is 1.25 bits per heavy atom. The molecular formula is C23H32BrN7O. The first-order valence-corrected chi connectivity index (χ1v) is 11.4. The van der Waals surface area contributed by atoms with Gasteiger partial charge in [0.15, 0.2) is 5.65 Å². The van der Waals surface area contributed by atoms with Crippen LogP contribution in [0.1, 0.15) is 19.4 Å². The van der Waals surface area contributed by atoms with E-state index in [1.807, 2.05) is 32.3 Å². The number of halogens is 1. The minimum Gasteiger partial charge on any atom is -0.394 e. The van der Waals surface area contributed by atoms with Crippen molar-refractivity contribution in [3.05, 3.63) is 58.8 Å². The molecule has 0 fully saturated rings. The number of hydrogen-bond donors (Lipinski definition) is 4. The van der Waals surface area contributed by atoms with Gasteiger partial charge >= 0.3 is 0 Å². The van der Waals surface area contributed by atoms with Crippen molar-refractivity contribution in [1.82, 2.24) is 19.5 Å². The summed E-state index contributed by atoms with van der Waals surface area (Å²) >= 11 is 3.52. The summed E-state index contributed by atoms with van der Waals surface area (Å²) in [5.74, 6) is 1.77. The molecule has 9 heteroatoms. The van der Waals surface area contributed by atoms with Crippen molar-refractivity contribution in [3.8, 4) is 0 Å². The summed E-state index contributed by atoms with van der Waals surface area (Å²) in [5.41, 5.74) is 3.80. The van der Waals surface area contributed by atoms with Gasteiger partial charge in [-0.1, -0.05) is 32.6 Å². The smallest absolute Gasteiger partial charge is 0.173 e. The van der Waals surface area contributed by atoms with Crippen LogP contribution in [0.3, 0.4) is 0 Å². The van der Waals surface area contributed by atoms with Crippen molar-refractivity contribution in [2.45, 2.75) is 26.4 Å². The highest BCUT2D eigenvalue weighted by Gasteiger charge is 2.15. The van der Waals surface area contributed by atoms with Gasteiger partial charge in [0, 0.05) is 30.5 Å². The van der Waals surface area contributed by atoms with E-state index < -0.39 is 0 Å². The van der Waals surface area contributed by atoms with E-state index in [0.717, 1.165) is 33.8 Å². The molecule has 2 heterocycles. The van der Waals surface area contributed by atoms with Gasteiger partial charge < -0.3 is 26.0 Å². The molecule has 32 heavy (non-hydrogen) atoms. The first-order chi connectivity index (χ1) is 15.3. The monoisotopic (exact) mass is 501 g/mol. The van der Waals surface area contributed by atoms with E-state index in [1.165, 1.54) is 0 Å². The van der Waals surface area contributed by atoms with E-state index >= 15 is 0 Å². The van der Waals surface area contributed by atoms with E-state index in [0.29, 0.717) is 18.0 Å². The molecule has 4 N–H and O–H groups in total. The molecule has 8 nitrogen and oxygen atoms in total. The molecule has 0 saturated heterocycles. The van der Waals surface area contributed by atoms with Gasteiger partial charge in [-0.2, -0.15) is 9.61 Å². The van der Waals surface area contributed by atoms with Crippen LogP contribution in [-0.2, 0) is 6.54 Å². The molecule has 172 valence electrons. The van der Waals surface area contributed by atoms with Gasteiger partial charge in [0.1, 0.15) is 11.6 Å². The van der Waals surface area contributed by atoms with Crippen molar-refractivity contribution in [2.24, 2.45) is 5.92 Å². The summed E-state index contributed by atoms with van der Waals surface area (Å²) in [5, 5.41) is 24.2. The van der Waals surface area contributed by atoms with Crippen molar-refractivity contribution in [2.75, 3.05) is 43.2 Å². The van der Waals surface area contributed by atoms with Crippen LogP contribution in [0, 0.1) is 5.92 Å². The van der Waals surface area contributed by atoms with Gasteiger partial charge in [0.05, 0.1) is 23.3 Å². The zero-order valence-corrected chi connectivity index (χ0v) is 20.6. The maximum Gasteiger partial charge on any atom is 0.173 e. The van der Waals surface area contributed by atoms with Gasteiger partial charge in [0.25, 0.3) is 0 Å². The predicted molar refractivity (Wildman–Crippen MR) is 135 cm³/mol. The number of aliphatic hydroxyl groups is 1. The fourth-order valence-corrected chi connectivity index (χ4v) is 3.62. The third kappa shape index (κ3) is 6.21. The van der Waals surface area contributed by atoms with E-state index in [1.54, 1.807) is 10.7 Å². The van der Waals surface area contributed by atoms with E-state index in [9.17, 15) is 5.11 Å². The fraction of sp³-hybridized carbons (Fsp3) is 0.391. The second-order valence-electron chi connectivity index (χ2n) is 8.45. The average molecular weight is 502 g/mol. The number of fused-ring (bicyclic) bond motifs is 1. The number of rotatable bonds is 11. The Morgan fingerprint density at radius 3 is 2.59 bits per heavy atom. The Bertz CT molecular complexity index is 1050. The van der Waals surface area contributed by atoms with Crippen LogP contribution < -0.4 is 16.0 Å². The van der Waals surface area contributed by atoms with Crippen LogP contribution in [0.25, 0.3) is 5.65 Å². The lowest BCUT2D eigenvalue weighted by Gasteiger charge is -2.21. The SMILES string of the molecule is C=C(CN(C)C)Nc1ccc(CNc2cc(NC(CO)C(C)C)nc3c(Br)cnn23)cc1. The van der Waals surface area contributed by atoms with Crippen molar-refractivity contribution in [3.63, 3.8) is 0 Å². The van der Waals surface area contributed by atoms with Gasteiger partial charge in [-0.3, -0.25) is 0 Å². The minimum absolute atomic E-state index is 0.0368. The molecule has 0 aliphatic heterocycles. The molecule has 0 aliphatic rings. The molecule has 0 spiro atoms. The molecular weight excluding hydrogens is 470 g/mol. The Morgan fingerprint density at radius 2 is 1.97 bits per heavy atom. The Balaban J connectivity index is 1.73. The number of anilines is 3. The largest absolute Gasteiger partial charge is 0.394 e. The molecule has 0 aliphatic carbocycles. The molecule has 0 amide bonds. The summed E-state index contributed by atoms with van der Waals surface area (Å²) < 4.78 is 2.57. The molecule has 0 radical (unpaired) electrons. The lowest BCUT2D eigenvalue weighted by molar-refractivity contribution is 0.249. The van der Waals surface area contributed by atoms with Crippen LogP contribution in [-0.4, -0.2) is 57.9 Å². The molecule has 1 unspecified atom stereocenters. The number of hydrogen-bond acceptors (Lipinski definition) is 7. The lowest BCUT2D eigenvalue weighted by atomic mass is 10.1. The Labute approximate surface area is 197 Å². The second-order valence-corrected chi connectivity index (χ2v) is 9.30. The Hall–Kier alpha value is -2.62. The van der Waals surface area contributed by atoms with Crippen LogP contribution in [0.15, 0.2) is 53.3 Å². The topological polar surface area (TPSA) is 89.8 Å². The van der Waals surface area contributed by atoms with Crippen molar-refractivity contribution < 1.29 is 5.11 Å². The molecule has 0 saturated carbocycles. The van der Waals surface area contributed by atoms with E-state index in [-0.39, 0.29) is 18.6 Å². The Kier molecular flexibility index (Phi) is 8.11. The number of nitrogens with zero attached hydrogens (tertiary/aromatic N) is 4. The molecule has 3 rings (SSSR count). The molecule has 3 aromatic rings. The average Bonchev–Trinajstić information content (AvgIpc) is 3.11. The molecule has 1 atom stereocenters. The second kappa shape index (κ2) is 10.8. The van der Waals surface area contributed by atoms with Gasteiger partial charge in [-0.25, -0.2) is 4.98 Å². The summed E-state index contributed by atoms with van der Waals surface area (Å²) in [7, 11) is 4.03. The fourth-order valence-electron chi connectivity index (χ4n) is 3.27. The maximum atomic E-state index is 9.68. The molecule has 1 aromatic carbocycles. The number of aromatic nitrogens is 3. The molecule has 2 aromatic heterocycles. The lowest BCUT2D eigenvalue weighted by Crippen LogP contribution is -2.30. The first-order valence-electron chi connectivity index (χ1n) is 10.6. The summed E-state index contributed by atoms with van der Waals surface area (Å²) in [6.07, 6.45) is 1.73. The number of likely N-dealkylation sites (N-methyl/N-ethyl adjacent to an activating group) is 1. The standard InChI is InChI=1S/C23H32BrN7O/c1-15(2)20(14-32)28-21-10-22(31-23(29-21)19(24)12-26-31)25-11-17-6-8-18(9-7-17)27-16(3)13-30(4)5/h6-10,12,15,20,25,27,32H,3,11,13-14H2,1-2,4-5H3,(H,28,29). The third-order valence-electron chi connectivity index (χ3n) is 5.02. The summed E-state index contributed by atoms with van der Waals surface area (Å²) in [6, 6.07) is 10.1. The highest BCUT2D eigenvalue weighted by Crippen LogP contribution is 2.24. The number of nitrogens with one attached hydrogen (secondary N) is 3. The van der Waals surface area contributed by atoms with Crippen molar-refractivity contribution in [1.29, 1.82) is 0 Å². The number of aliphatic hydroxyl groups excluding tert-OH is 1. The van der Waals surface area contributed by atoms with Gasteiger partial charge in [0.2, 0.25) is 0 Å². The third-order valence-corrected chi connectivity index (χ3v) is 5.58. The van der Waals surface area contributed by atoms with Crippen molar-refractivity contribution >= 4 is 38.9 Å². The minimum atomic E-state index is -0.0817. The normalized spacial score (nSPS) is 12.4. The maximum absolute atomic E-state index is 9.68. The van der Waals surface area contributed by atoms with Crippen LogP contribution in [0.2, 0.25) is 0 Å². The molecule has 0 bridgehead atoms. The van der Waals surface area contributed by atoms with Gasteiger partial charge in [-0.15, -0.1) is 0 Å². The van der Waals surface area contributed by atoms with Crippen LogP contribution in [0.5, 0.6) is 0 Å². The summed E-state index contributed by atoms with van der Waals surface area (Å²) in [6.45, 7) is 9.63. The zero-order valence-electron chi connectivity index (χ0n) is 19.1. The quantitative estimate of drug-likeness (QED) is 0.315. The highest BCUT2D eigenvalue weighted by molar-refractivity contribution is 9.10. The van der Waals surface area contributed by atoms with E-state index in [2.05, 4.69) is 79.4 Å². The van der Waals surface area contributed by atoms with Crippen LogP contribution >= 0.6 is 15.9 Å². The van der Waals surface area contributed by atoms with E-state index in [4.69, 9.17) is 0 Å². The number of benzene rings is 1. The predicted octanol–water partition coefficient (Wildman–Crippen LogP) is 4.02. The van der Waals surface area contributed by atoms with Crippen LogP contribution in [0.4, 0.5) is 17.3 Å². The first kappa shape index (κ1) is 24.0. The van der Waals surface area contributed by atoms with Gasteiger partial charge in [-0.05, 0) is 53.6 Å². The zero-order chi connectivity index (χ0) is 23.3. The summed E-state index contributed by atoms with van der Waals surface area (Å²) in [4.78, 5) is 6.72. The highest BCUT2D eigenvalue weighted by atomic mass is 79.9.